The van der Waals surface area contributed by atoms with E-state index in [9.17, 15) is 4.79 Å². The SMILES string of the molecule is Cc1cc(-n2cncn2)ccc1C(=O)NC1CCCCC1CN. The first-order valence-electron chi connectivity index (χ1n) is 8.15. The van der Waals surface area contributed by atoms with Crippen LogP contribution in [0.1, 0.15) is 41.6 Å². The van der Waals surface area contributed by atoms with Crippen LogP contribution in [0.15, 0.2) is 30.9 Å². The second-order valence-corrected chi connectivity index (χ2v) is 6.20. The van der Waals surface area contributed by atoms with Gasteiger partial charge in [0.25, 0.3) is 5.91 Å². The van der Waals surface area contributed by atoms with Gasteiger partial charge in [-0.2, -0.15) is 5.10 Å². The number of nitrogens with two attached hydrogens (primary N) is 1. The summed E-state index contributed by atoms with van der Waals surface area (Å²) in [6.45, 7) is 2.58. The summed E-state index contributed by atoms with van der Waals surface area (Å²) < 4.78 is 1.68. The second kappa shape index (κ2) is 6.91. The van der Waals surface area contributed by atoms with Gasteiger partial charge in [-0.05, 0) is 56.0 Å². The molecule has 1 aliphatic rings. The number of nitrogens with zero attached hydrogens (tertiary/aromatic N) is 3. The molecule has 1 fully saturated rings. The lowest BCUT2D eigenvalue weighted by Gasteiger charge is -2.31. The molecular formula is C17H23N5O. The fraction of sp³-hybridized carbons (Fsp3) is 0.471. The highest BCUT2D eigenvalue weighted by Crippen LogP contribution is 2.24. The number of aromatic nitrogens is 3. The summed E-state index contributed by atoms with van der Waals surface area (Å²) in [5, 5.41) is 7.29. The van der Waals surface area contributed by atoms with Crippen molar-refractivity contribution in [3.63, 3.8) is 0 Å². The van der Waals surface area contributed by atoms with Crippen molar-refractivity contribution in [1.29, 1.82) is 0 Å². The topological polar surface area (TPSA) is 85.8 Å². The quantitative estimate of drug-likeness (QED) is 0.901. The molecule has 2 atom stereocenters. The lowest BCUT2D eigenvalue weighted by molar-refractivity contribution is 0.0907. The molecule has 0 saturated heterocycles. The molecule has 0 spiro atoms. The maximum absolute atomic E-state index is 12.6. The Kier molecular flexibility index (Phi) is 4.71. The van der Waals surface area contributed by atoms with Crippen molar-refractivity contribution in [3.05, 3.63) is 42.0 Å². The normalized spacial score (nSPS) is 21.1. The molecule has 122 valence electrons. The molecule has 3 N–H and O–H groups in total. The lowest BCUT2D eigenvalue weighted by atomic mass is 9.84. The maximum Gasteiger partial charge on any atom is 0.251 e. The molecule has 1 aromatic heterocycles. The number of carbonyl (C=O) groups is 1. The predicted octanol–water partition coefficient (Wildman–Crippen LogP) is 1.82. The zero-order valence-electron chi connectivity index (χ0n) is 13.4. The predicted molar refractivity (Wildman–Crippen MR) is 88.4 cm³/mol. The van der Waals surface area contributed by atoms with Crippen LogP contribution in [0.5, 0.6) is 0 Å². The summed E-state index contributed by atoms with van der Waals surface area (Å²) in [5.41, 5.74) is 8.37. The van der Waals surface area contributed by atoms with Gasteiger partial charge in [0, 0.05) is 11.6 Å². The Morgan fingerprint density at radius 1 is 1.39 bits per heavy atom. The molecule has 0 bridgehead atoms. The minimum absolute atomic E-state index is 0.0157. The summed E-state index contributed by atoms with van der Waals surface area (Å²) in [7, 11) is 0. The van der Waals surface area contributed by atoms with Crippen LogP contribution in [-0.4, -0.2) is 33.3 Å². The van der Waals surface area contributed by atoms with E-state index in [0.29, 0.717) is 18.0 Å². The summed E-state index contributed by atoms with van der Waals surface area (Å²) in [5.74, 6) is 0.375. The molecule has 1 amide bonds. The van der Waals surface area contributed by atoms with Crippen LogP contribution in [-0.2, 0) is 0 Å². The number of rotatable bonds is 4. The van der Waals surface area contributed by atoms with E-state index in [2.05, 4.69) is 15.4 Å². The summed E-state index contributed by atoms with van der Waals surface area (Å²) in [4.78, 5) is 16.5. The molecule has 1 aliphatic carbocycles. The molecular weight excluding hydrogens is 290 g/mol. The van der Waals surface area contributed by atoms with Gasteiger partial charge in [0.05, 0.1) is 5.69 Å². The van der Waals surface area contributed by atoms with E-state index in [-0.39, 0.29) is 11.9 Å². The van der Waals surface area contributed by atoms with Crippen molar-refractivity contribution in [2.45, 2.75) is 38.6 Å². The van der Waals surface area contributed by atoms with Crippen LogP contribution in [0, 0.1) is 12.8 Å². The second-order valence-electron chi connectivity index (χ2n) is 6.20. The van der Waals surface area contributed by atoms with E-state index in [1.807, 2.05) is 25.1 Å². The van der Waals surface area contributed by atoms with Gasteiger partial charge in [-0.3, -0.25) is 4.79 Å². The number of benzene rings is 1. The van der Waals surface area contributed by atoms with Gasteiger partial charge < -0.3 is 11.1 Å². The first kappa shape index (κ1) is 15.7. The van der Waals surface area contributed by atoms with Crippen LogP contribution in [0.25, 0.3) is 5.69 Å². The fourth-order valence-electron chi connectivity index (χ4n) is 3.31. The van der Waals surface area contributed by atoms with E-state index in [1.165, 1.54) is 12.7 Å². The van der Waals surface area contributed by atoms with Crippen LogP contribution < -0.4 is 11.1 Å². The molecule has 2 aromatic rings. The van der Waals surface area contributed by atoms with Gasteiger partial charge in [0.2, 0.25) is 0 Å². The Hall–Kier alpha value is -2.21. The fourth-order valence-corrected chi connectivity index (χ4v) is 3.31. The van der Waals surface area contributed by atoms with Gasteiger partial charge in [-0.1, -0.05) is 12.8 Å². The Morgan fingerprint density at radius 3 is 2.91 bits per heavy atom. The van der Waals surface area contributed by atoms with E-state index in [4.69, 9.17) is 5.73 Å². The molecule has 0 aliphatic heterocycles. The summed E-state index contributed by atoms with van der Waals surface area (Å²) in [6.07, 6.45) is 7.62. The van der Waals surface area contributed by atoms with Crippen LogP contribution in [0.3, 0.4) is 0 Å². The first-order valence-corrected chi connectivity index (χ1v) is 8.15. The number of carbonyl (C=O) groups excluding carboxylic acids is 1. The van der Waals surface area contributed by atoms with Crippen molar-refractivity contribution in [2.75, 3.05) is 6.54 Å². The van der Waals surface area contributed by atoms with Crippen molar-refractivity contribution in [3.8, 4) is 5.69 Å². The number of aryl methyl sites for hydroxylation is 1. The maximum atomic E-state index is 12.6. The average molecular weight is 313 g/mol. The van der Waals surface area contributed by atoms with Crippen LogP contribution >= 0.6 is 0 Å². The number of nitrogens with one attached hydrogen (secondary N) is 1. The number of amides is 1. The van der Waals surface area contributed by atoms with Gasteiger partial charge in [0.15, 0.2) is 0 Å². The zero-order chi connectivity index (χ0) is 16.2. The highest BCUT2D eigenvalue weighted by molar-refractivity contribution is 5.96. The van der Waals surface area contributed by atoms with E-state index >= 15 is 0 Å². The highest BCUT2D eigenvalue weighted by atomic mass is 16.1. The smallest absolute Gasteiger partial charge is 0.251 e. The van der Waals surface area contributed by atoms with Crippen LogP contribution in [0.4, 0.5) is 0 Å². The number of hydrogen-bond donors (Lipinski definition) is 2. The Balaban J connectivity index is 1.74. The van der Waals surface area contributed by atoms with Crippen LogP contribution in [0.2, 0.25) is 0 Å². The minimum Gasteiger partial charge on any atom is -0.349 e. The van der Waals surface area contributed by atoms with E-state index in [0.717, 1.165) is 30.5 Å². The minimum atomic E-state index is -0.0157. The molecule has 6 nitrogen and oxygen atoms in total. The molecule has 1 saturated carbocycles. The Labute approximate surface area is 136 Å². The van der Waals surface area contributed by atoms with E-state index in [1.54, 1.807) is 11.0 Å². The van der Waals surface area contributed by atoms with Gasteiger partial charge >= 0.3 is 0 Å². The molecule has 1 heterocycles. The van der Waals surface area contributed by atoms with Crippen molar-refractivity contribution in [2.24, 2.45) is 11.7 Å². The van der Waals surface area contributed by atoms with Crippen molar-refractivity contribution < 1.29 is 4.79 Å². The number of hydrogen-bond acceptors (Lipinski definition) is 4. The van der Waals surface area contributed by atoms with E-state index < -0.39 is 0 Å². The molecule has 23 heavy (non-hydrogen) atoms. The molecule has 6 heteroatoms. The third-order valence-electron chi connectivity index (χ3n) is 4.67. The van der Waals surface area contributed by atoms with Gasteiger partial charge in [0.1, 0.15) is 12.7 Å². The summed E-state index contributed by atoms with van der Waals surface area (Å²) in [6, 6.07) is 5.88. The third-order valence-corrected chi connectivity index (χ3v) is 4.67. The highest BCUT2D eigenvalue weighted by Gasteiger charge is 2.26. The third kappa shape index (κ3) is 3.42. The van der Waals surface area contributed by atoms with Gasteiger partial charge in [-0.15, -0.1) is 0 Å². The monoisotopic (exact) mass is 313 g/mol. The largest absolute Gasteiger partial charge is 0.349 e. The molecule has 1 aromatic carbocycles. The summed E-state index contributed by atoms with van der Waals surface area (Å²) >= 11 is 0. The van der Waals surface area contributed by atoms with Gasteiger partial charge in [-0.25, -0.2) is 9.67 Å². The lowest BCUT2D eigenvalue weighted by Crippen LogP contribution is -2.44. The first-order chi connectivity index (χ1) is 11.2. The zero-order valence-corrected chi connectivity index (χ0v) is 13.4. The molecule has 0 radical (unpaired) electrons. The Bertz CT molecular complexity index is 668. The molecule has 2 unspecified atom stereocenters. The average Bonchev–Trinajstić information content (AvgIpc) is 3.09. The standard InChI is InChI=1S/C17H23N5O/c1-12-8-14(22-11-19-10-20-22)6-7-15(12)17(23)21-16-5-3-2-4-13(16)9-18/h6-8,10-11,13,16H,2-5,9,18H2,1H3,(H,21,23). The van der Waals surface area contributed by atoms with Crippen molar-refractivity contribution >= 4 is 5.91 Å². The Morgan fingerprint density at radius 2 is 2.22 bits per heavy atom. The van der Waals surface area contributed by atoms with Crippen molar-refractivity contribution in [1.82, 2.24) is 20.1 Å². The molecule has 3 rings (SSSR count).